The van der Waals surface area contributed by atoms with Crippen LogP contribution in [-0.2, 0) is 13.0 Å². The highest BCUT2D eigenvalue weighted by Crippen LogP contribution is 2.16. The maximum atomic E-state index is 3.40. The molecule has 0 saturated carbocycles. The Kier molecular flexibility index (Phi) is 4.83. The molecule has 0 amide bonds. The molecule has 0 aliphatic carbocycles. The lowest BCUT2D eigenvalue weighted by Crippen LogP contribution is -2.14. The van der Waals surface area contributed by atoms with Crippen molar-refractivity contribution in [2.24, 2.45) is 5.92 Å². The van der Waals surface area contributed by atoms with Gasteiger partial charge in [0.2, 0.25) is 0 Å². The molecule has 0 unspecified atom stereocenters. The van der Waals surface area contributed by atoms with Gasteiger partial charge in [0.05, 0.1) is 0 Å². The Labute approximate surface area is 93.9 Å². The van der Waals surface area contributed by atoms with Crippen molar-refractivity contribution in [2.75, 3.05) is 6.54 Å². The molecule has 0 fully saturated rings. The number of nitrogens with one attached hydrogen (secondary N) is 1. The van der Waals surface area contributed by atoms with E-state index in [9.17, 15) is 0 Å². The Hall–Kier alpha value is -0.820. The van der Waals surface area contributed by atoms with E-state index in [1.54, 1.807) is 0 Å². The van der Waals surface area contributed by atoms with Crippen LogP contribution in [0, 0.1) is 12.8 Å². The topological polar surface area (TPSA) is 12.0 Å². The highest BCUT2D eigenvalue weighted by Gasteiger charge is 2.04. The van der Waals surface area contributed by atoms with E-state index < -0.39 is 0 Å². The molecule has 1 aromatic carbocycles. The molecular weight excluding hydrogens is 182 g/mol. The maximum absolute atomic E-state index is 3.40. The summed E-state index contributed by atoms with van der Waals surface area (Å²) in [7, 11) is 0. The van der Waals surface area contributed by atoms with Gasteiger partial charge in [-0.2, -0.15) is 0 Å². The van der Waals surface area contributed by atoms with Crippen LogP contribution in [0.5, 0.6) is 0 Å². The number of aryl methyl sites for hydroxylation is 1. The summed E-state index contributed by atoms with van der Waals surface area (Å²) in [6.45, 7) is 10.9. The molecule has 0 radical (unpaired) electrons. The third-order valence-electron chi connectivity index (χ3n) is 2.56. The van der Waals surface area contributed by atoms with Crippen LogP contribution in [0.3, 0.4) is 0 Å². The van der Waals surface area contributed by atoms with E-state index in [0.717, 1.165) is 19.0 Å². The van der Waals surface area contributed by atoms with Crippen LogP contribution < -0.4 is 5.32 Å². The van der Waals surface area contributed by atoms with Crippen molar-refractivity contribution in [2.45, 2.75) is 40.7 Å². The zero-order valence-electron chi connectivity index (χ0n) is 10.4. The Bertz CT molecular complexity index is 302. The van der Waals surface area contributed by atoms with Crippen molar-refractivity contribution in [3.05, 3.63) is 34.9 Å². The zero-order valence-corrected chi connectivity index (χ0v) is 10.4. The standard InChI is InChI=1S/C14H23N/c1-5-15-10-13-7-6-12(4)9-14(13)8-11(2)3/h6-7,9,11,15H,5,8,10H2,1-4H3. The Balaban J connectivity index is 2.82. The number of benzene rings is 1. The lowest BCUT2D eigenvalue weighted by atomic mass is 9.96. The fourth-order valence-corrected chi connectivity index (χ4v) is 1.82. The van der Waals surface area contributed by atoms with E-state index in [2.05, 4.69) is 51.2 Å². The lowest BCUT2D eigenvalue weighted by molar-refractivity contribution is 0.634. The summed E-state index contributed by atoms with van der Waals surface area (Å²) in [5.41, 5.74) is 4.33. The third kappa shape index (κ3) is 4.05. The fraction of sp³-hybridized carbons (Fsp3) is 0.571. The van der Waals surface area contributed by atoms with E-state index in [1.807, 2.05) is 0 Å². The monoisotopic (exact) mass is 205 g/mol. The minimum atomic E-state index is 0.729. The van der Waals surface area contributed by atoms with Crippen molar-refractivity contribution in [3.8, 4) is 0 Å². The molecule has 0 bridgehead atoms. The number of hydrogen-bond acceptors (Lipinski definition) is 1. The number of rotatable bonds is 5. The Morgan fingerprint density at radius 1 is 1.20 bits per heavy atom. The van der Waals surface area contributed by atoms with Crippen LogP contribution in [0.2, 0.25) is 0 Å². The SMILES string of the molecule is CCNCc1ccc(C)cc1CC(C)C. The van der Waals surface area contributed by atoms with Crippen molar-refractivity contribution < 1.29 is 0 Å². The highest BCUT2D eigenvalue weighted by molar-refractivity contribution is 5.31. The summed E-state index contributed by atoms with van der Waals surface area (Å²) >= 11 is 0. The van der Waals surface area contributed by atoms with Gasteiger partial charge in [-0.3, -0.25) is 0 Å². The van der Waals surface area contributed by atoms with Gasteiger partial charge in [-0.15, -0.1) is 0 Å². The number of hydrogen-bond donors (Lipinski definition) is 1. The lowest BCUT2D eigenvalue weighted by Gasteiger charge is -2.13. The van der Waals surface area contributed by atoms with E-state index in [0.29, 0.717) is 0 Å². The first-order chi connectivity index (χ1) is 7.13. The van der Waals surface area contributed by atoms with Crippen LogP contribution in [0.25, 0.3) is 0 Å². The van der Waals surface area contributed by atoms with Gasteiger partial charge in [0.1, 0.15) is 0 Å². The summed E-state index contributed by atoms with van der Waals surface area (Å²) in [6, 6.07) is 6.79. The van der Waals surface area contributed by atoms with E-state index in [4.69, 9.17) is 0 Å². The molecule has 1 rings (SSSR count). The van der Waals surface area contributed by atoms with Gasteiger partial charge in [0.15, 0.2) is 0 Å². The van der Waals surface area contributed by atoms with Gasteiger partial charge in [0, 0.05) is 6.54 Å². The molecular formula is C14H23N. The van der Waals surface area contributed by atoms with E-state index in [1.165, 1.54) is 23.1 Å². The van der Waals surface area contributed by atoms with Crippen molar-refractivity contribution >= 4 is 0 Å². The average Bonchev–Trinajstić information content (AvgIpc) is 2.16. The molecule has 0 aliphatic rings. The van der Waals surface area contributed by atoms with Crippen LogP contribution in [0.15, 0.2) is 18.2 Å². The van der Waals surface area contributed by atoms with Crippen LogP contribution in [0.4, 0.5) is 0 Å². The molecule has 15 heavy (non-hydrogen) atoms. The van der Waals surface area contributed by atoms with E-state index in [-0.39, 0.29) is 0 Å². The summed E-state index contributed by atoms with van der Waals surface area (Å²) in [4.78, 5) is 0. The first kappa shape index (κ1) is 12.3. The molecule has 0 aromatic heterocycles. The van der Waals surface area contributed by atoms with Crippen LogP contribution in [0.1, 0.15) is 37.5 Å². The van der Waals surface area contributed by atoms with Gasteiger partial charge in [-0.1, -0.05) is 44.5 Å². The Morgan fingerprint density at radius 3 is 2.53 bits per heavy atom. The van der Waals surface area contributed by atoms with Gasteiger partial charge in [0.25, 0.3) is 0 Å². The highest BCUT2D eigenvalue weighted by atomic mass is 14.8. The Morgan fingerprint density at radius 2 is 1.93 bits per heavy atom. The predicted molar refractivity (Wildman–Crippen MR) is 67.1 cm³/mol. The fourth-order valence-electron chi connectivity index (χ4n) is 1.82. The molecule has 0 spiro atoms. The second-order valence-electron chi connectivity index (χ2n) is 4.65. The maximum Gasteiger partial charge on any atom is 0.0208 e. The van der Waals surface area contributed by atoms with Crippen molar-refractivity contribution in [3.63, 3.8) is 0 Å². The van der Waals surface area contributed by atoms with Crippen molar-refractivity contribution in [1.82, 2.24) is 5.32 Å². The van der Waals surface area contributed by atoms with Crippen molar-refractivity contribution in [1.29, 1.82) is 0 Å². The normalized spacial score (nSPS) is 11.0. The molecule has 0 aliphatic heterocycles. The second kappa shape index (κ2) is 5.92. The van der Waals surface area contributed by atoms with Gasteiger partial charge >= 0.3 is 0 Å². The predicted octanol–water partition coefficient (Wildman–Crippen LogP) is 3.30. The summed E-state index contributed by atoms with van der Waals surface area (Å²) in [5, 5.41) is 3.40. The van der Waals surface area contributed by atoms with Crippen LogP contribution >= 0.6 is 0 Å². The quantitative estimate of drug-likeness (QED) is 0.777. The minimum Gasteiger partial charge on any atom is -0.313 e. The van der Waals surface area contributed by atoms with Gasteiger partial charge in [-0.25, -0.2) is 0 Å². The summed E-state index contributed by atoms with van der Waals surface area (Å²) in [5.74, 6) is 0.729. The average molecular weight is 205 g/mol. The van der Waals surface area contributed by atoms with Gasteiger partial charge in [-0.05, 0) is 36.9 Å². The minimum absolute atomic E-state index is 0.729. The third-order valence-corrected chi connectivity index (χ3v) is 2.56. The first-order valence-corrected chi connectivity index (χ1v) is 5.92. The largest absolute Gasteiger partial charge is 0.313 e. The molecule has 1 nitrogen and oxygen atoms in total. The van der Waals surface area contributed by atoms with E-state index >= 15 is 0 Å². The molecule has 1 N–H and O–H groups in total. The molecule has 0 atom stereocenters. The molecule has 84 valence electrons. The summed E-state index contributed by atoms with van der Waals surface area (Å²) in [6.07, 6.45) is 1.18. The molecule has 1 heteroatoms. The summed E-state index contributed by atoms with van der Waals surface area (Å²) < 4.78 is 0. The van der Waals surface area contributed by atoms with Gasteiger partial charge < -0.3 is 5.32 Å². The smallest absolute Gasteiger partial charge is 0.0208 e. The first-order valence-electron chi connectivity index (χ1n) is 5.92. The molecule has 0 saturated heterocycles. The molecule has 0 heterocycles. The second-order valence-corrected chi connectivity index (χ2v) is 4.65. The zero-order chi connectivity index (χ0) is 11.3. The molecule has 1 aromatic rings. The van der Waals surface area contributed by atoms with Crippen LogP contribution in [-0.4, -0.2) is 6.54 Å².